The molecule has 0 bridgehead atoms. The van der Waals surface area contributed by atoms with E-state index in [0.29, 0.717) is 51.9 Å². The van der Waals surface area contributed by atoms with E-state index < -0.39 is 11.0 Å². The Morgan fingerprint density at radius 3 is 2.48 bits per heavy atom. The molecule has 0 fully saturated rings. The summed E-state index contributed by atoms with van der Waals surface area (Å²) in [6.07, 6.45) is 7.41. The van der Waals surface area contributed by atoms with E-state index in [1.54, 1.807) is 55.3 Å². The molecule has 0 saturated heterocycles. The lowest BCUT2D eigenvalue weighted by Gasteiger charge is -2.26. The van der Waals surface area contributed by atoms with Crippen LogP contribution in [-0.2, 0) is 15.8 Å². The minimum atomic E-state index is -1.35. The molecule has 3 N–H and O–H groups in total. The molecule has 4 rings (SSSR count). The highest BCUT2D eigenvalue weighted by atomic mass is 35.5. The van der Waals surface area contributed by atoms with Gasteiger partial charge in [-0.2, -0.15) is 4.98 Å². The predicted molar refractivity (Wildman–Crippen MR) is 179 cm³/mol. The molecule has 13 nitrogen and oxygen atoms in total. The number of rotatable bonds is 13. The maximum absolute atomic E-state index is 12.5. The van der Waals surface area contributed by atoms with E-state index in [0.717, 1.165) is 12.2 Å². The maximum atomic E-state index is 12.5. The van der Waals surface area contributed by atoms with E-state index in [2.05, 4.69) is 47.4 Å². The number of carbonyl (C=O) groups is 1. The molecule has 232 valence electrons. The molecule has 0 aliphatic rings. The molecule has 1 amide bonds. The van der Waals surface area contributed by atoms with Crippen LogP contribution < -0.4 is 29.9 Å². The van der Waals surface area contributed by atoms with Gasteiger partial charge in [-0.3, -0.25) is 19.1 Å². The summed E-state index contributed by atoms with van der Waals surface area (Å²) in [6.45, 7) is 5.08. The number of nitrogens with one attached hydrogen (secondary N) is 3. The summed E-state index contributed by atoms with van der Waals surface area (Å²) in [5, 5.41) is 9.55. The largest absolute Gasteiger partial charge is 0.494 e. The molecule has 2 aromatic carbocycles. The van der Waals surface area contributed by atoms with E-state index in [9.17, 15) is 9.00 Å². The van der Waals surface area contributed by atoms with E-state index in [1.165, 1.54) is 12.3 Å². The van der Waals surface area contributed by atoms with Crippen molar-refractivity contribution in [1.82, 2.24) is 24.8 Å². The topological polar surface area (TPSA) is 141 Å². The Balaban J connectivity index is 1.72. The highest BCUT2D eigenvalue weighted by molar-refractivity contribution is 7.85. The van der Waals surface area contributed by atoms with Crippen LogP contribution >= 0.6 is 11.6 Å². The van der Waals surface area contributed by atoms with E-state index in [1.807, 2.05) is 32.1 Å². The zero-order chi connectivity index (χ0) is 32.0. The van der Waals surface area contributed by atoms with Crippen LogP contribution in [0.1, 0.15) is 0 Å². The van der Waals surface area contributed by atoms with Crippen LogP contribution in [0.2, 0.25) is 5.02 Å². The fraction of sp³-hybridized carbons (Fsp3) is 0.276. The number of methoxy groups -OCH3 is 1. The molecular weight excluding hydrogens is 604 g/mol. The SMILES string of the molecule is C=CC(=O)Nc1cc(Nc2ncc(Cl)c(Nc3ccc4nccnc4c3N(C)S(C)=O)n2)c(OC)cc1N(C)CCN(C)C. The molecular formula is C29H35ClN10O3S. The lowest BCUT2D eigenvalue weighted by atomic mass is 10.2. The molecule has 2 heterocycles. The number of nitrogens with zero attached hydrogens (tertiary/aromatic N) is 7. The molecule has 4 aromatic rings. The number of amides is 1. The third-order valence-corrected chi connectivity index (χ3v) is 7.84. The van der Waals surface area contributed by atoms with Gasteiger partial charge in [0.1, 0.15) is 33.0 Å². The summed E-state index contributed by atoms with van der Waals surface area (Å²) in [6, 6.07) is 7.17. The Morgan fingerprint density at radius 2 is 1.80 bits per heavy atom. The number of aromatic nitrogens is 4. The van der Waals surface area contributed by atoms with Crippen molar-refractivity contribution in [3.8, 4) is 5.75 Å². The normalized spacial score (nSPS) is 11.6. The fourth-order valence-electron chi connectivity index (χ4n) is 4.24. The number of fused-ring (bicyclic) bond motifs is 1. The summed E-state index contributed by atoms with van der Waals surface area (Å²) >= 11 is 6.52. The standard InChI is InChI=1S/C29H35ClN10O3S/c1-8-25(41)34-21-15-22(24(43-6)16-23(21)39(4)14-13-38(2)3)36-29-33-17-18(30)28(37-29)35-20-10-9-19-26(32-12-11-31-19)27(20)40(5)44(7)42/h8-12,15-17H,1,13-14H2,2-7H3,(H,34,41)(H2,33,35,36,37). The van der Waals surface area contributed by atoms with Crippen LogP contribution in [0.25, 0.3) is 11.0 Å². The van der Waals surface area contributed by atoms with Crippen molar-refractivity contribution < 1.29 is 13.7 Å². The number of likely N-dealkylation sites (N-methyl/N-ethyl adjacent to an activating group) is 2. The van der Waals surface area contributed by atoms with Crippen LogP contribution in [0.5, 0.6) is 5.75 Å². The molecule has 44 heavy (non-hydrogen) atoms. The van der Waals surface area contributed by atoms with Crippen LogP contribution in [0, 0.1) is 0 Å². The second-order valence-electron chi connectivity index (χ2n) is 9.94. The predicted octanol–water partition coefficient (Wildman–Crippen LogP) is 4.42. The van der Waals surface area contributed by atoms with Crippen molar-refractivity contribution in [3.05, 3.63) is 60.5 Å². The van der Waals surface area contributed by atoms with Gasteiger partial charge in [0.25, 0.3) is 0 Å². The number of benzene rings is 2. The first-order chi connectivity index (χ1) is 21.0. The van der Waals surface area contributed by atoms with Crippen LogP contribution in [0.15, 0.2) is 55.5 Å². The summed E-state index contributed by atoms with van der Waals surface area (Å²) < 4.78 is 19.8. The van der Waals surface area contributed by atoms with Crippen molar-refractivity contribution in [2.75, 3.05) is 79.8 Å². The molecule has 0 radical (unpaired) electrons. The van der Waals surface area contributed by atoms with E-state index in [-0.39, 0.29) is 16.9 Å². The van der Waals surface area contributed by atoms with Gasteiger partial charge in [0.05, 0.1) is 41.6 Å². The average Bonchev–Trinajstić information content (AvgIpc) is 3.01. The third-order valence-electron chi connectivity index (χ3n) is 6.61. The van der Waals surface area contributed by atoms with Gasteiger partial charge >= 0.3 is 0 Å². The number of halogens is 1. The fourth-order valence-corrected chi connectivity index (χ4v) is 4.82. The second-order valence-corrected chi connectivity index (χ2v) is 11.7. The Morgan fingerprint density at radius 1 is 1.05 bits per heavy atom. The zero-order valence-corrected chi connectivity index (χ0v) is 27.0. The molecule has 1 atom stereocenters. The summed E-state index contributed by atoms with van der Waals surface area (Å²) in [4.78, 5) is 34.2. The van der Waals surface area contributed by atoms with Crippen molar-refractivity contribution in [2.24, 2.45) is 0 Å². The van der Waals surface area contributed by atoms with Gasteiger partial charge in [0.2, 0.25) is 11.9 Å². The van der Waals surface area contributed by atoms with Crippen molar-refractivity contribution >= 4 is 79.7 Å². The van der Waals surface area contributed by atoms with Crippen molar-refractivity contribution in [2.45, 2.75) is 0 Å². The van der Waals surface area contributed by atoms with Crippen LogP contribution in [0.4, 0.5) is 40.2 Å². The lowest BCUT2D eigenvalue weighted by molar-refractivity contribution is -0.111. The first kappa shape index (κ1) is 32.4. The quantitative estimate of drug-likeness (QED) is 0.179. The van der Waals surface area contributed by atoms with Crippen LogP contribution in [0.3, 0.4) is 0 Å². The highest BCUT2D eigenvalue weighted by Crippen LogP contribution is 2.39. The Labute approximate surface area is 263 Å². The minimum absolute atomic E-state index is 0.208. The summed E-state index contributed by atoms with van der Waals surface area (Å²) in [7, 11) is 7.84. The van der Waals surface area contributed by atoms with Crippen molar-refractivity contribution in [3.63, 3.8) is 0 Å². The Hall–Kier alpha value is -4.53. The molecule has 15 heteroatoms. The van der Waals surface area contributed by atoms with E-state index >= 15 is 0 Å². The first-order valence-corrected chi connectivity index (χ1v) is 15.3. The molecule has 0 aliphatic heterocycles. The Kier molecular flexibility index (Phi) is 10.5. The minimum Gasteiger partial charge on any atom is -0.494 e. The van der Waals surface area contributed by atoms with Crippen LogP contribution in [-0.4, -0.2) is 89.6 Å². The van der Waals surface area contributed by atoms with Crippen molar-refractivity contribution in [1.29, 1.82) is 0 Å². The smallest absolute Gasteiger partial charge is 0.247 e. The number of hydrogen-bond donors (Lipinski definition) is 3. The first-order valence-electron chi connectivity index (χ1n) is 13.4. The van der Waals surface area contributed by atoms with Gasteiger partial charge in [0, 0.05) is 51.9 Å². The zero-order valence-electron chi connectivity index (χ0n) is 25.4. The maximum Gasteiger partial charge on any atom is 0.247 e. The number of carbonyl (C=O) groups excluding carboxylic acids is 1. The second kappa shape index (κ2) is 14.3. The summed E-state index contributed by atoms with van der Waals surface area (Å²) in [5.74, 6) is 0.651. The molecule has 2 aromatic heterocycles. The van der Waals surface area contributed by atoms with E-state index in [4.69, 9.17) is 16.3 Å². The number of ether oxygens (including phenoxy) is 1. The average molecular weight is 639 g/mol. The molecule has 0 saturated carbocycles. The van der Waals surface area contributed by atoms with Gasteiger partial charge in [0.15, 0.2) is 5.82 Å². The number of anilines is 7. The van der Waals surface area contributed by atoms with Gasteiger partial charge in [-0.1, -0.05) is 18.2 Å². The van der Waals surface area contributed by atoms with Gasteiger partial charge in [-0.25, -0.2) is 9.19 Å². The molecule has 0 spiro atoms. The molecule has 0 aliphatic carbocycles. The highest BCUT2D eigenvalue weighted by Gasteiger charge is 2.20. The lowest BCUT2D eigenvalue weighted by Crippen LogP contribution is -2.29. The third kappa shape index (κ3) is 7.51. The van der Waals surface area contributed by atoms with Gasteiger partial charge in [-0.05, 0) is 38.4 Å². The summed E-state index contributed by atoms with van der Waals surface area (Å²) in [5.41, 5.74) is 4.15. The monoisotopic (exact) mass is 638 g/mol. The molecule has 1 unspecified atom stereocenters. The number of hydrogen-bond acceptors (Lipinski definition) is 11. The Bertz CT molecular complexity index is 1700. The van der Waals surface area contributed by atoms with Gasteiger partial charge in [-0.15, -0.1) is 0 Å². The van der Waals surface area contributed by atoms with Gasteiger partial charge < -0.3 is 30.5 Å².